The zero-order valence-electron chi connectivity index (χ0n) is 23.6. The Hall–Kier alpha value is -2.28. The normalized spacial score (nSPS) is 31.7. The van der Waals surface area contributed by atoms with Crippen molar-refractivity contribution >= 4 is 23.6 Å². The van der Waals surface area contributed by atoms with Crippen molar-refractivity contribution in [2.45, 2.75) is 128 Å². The van der Waals surface area contributed by atoms with E-state index in [2.05, 4.69) is 10.6 Å². The van der Waals surface area contributed by atoms with Crippen molar-refractivity contribution in [2.75, 3.05) is 20.0 Å². The van der Waals surface area contributed by atoms with Gasteiger partial charge in [-0.25, -0.2) is 0 Å². The van der Waals surface area contributed by atoms with Crippen molar-refractivity contribution in [3.05, 3.63) is 0 Å². The molecule has 0 saturated carbocycles. The second-order valence-corrected chi connectivity index (χ2v) is 10.8. The Morgan fingerprint density at radius 1 is 0.513 bits per heavy atom. The highest BCUT2D eigenvalue weighted by Crippen LogP contribution is 2.31. The zero-order chi connectivity index (χ0) is 28.1. The SMILES string of the molecule is CCC1OC1CC(=O)NCN(CN(CNC(=O)CC1OC1CC)C(=O)CC1OC1CC)C(=O)CC1OC1CC. The van der Waals surface area contributed by atoms with Crippen LogP contribution in [0.25, 0.3) is 0 Å². The van der Waals surface area contributed by atoms with Gasteiger partial charge in [-0.2, -0.15) is 0 Å². The predicted octanol–water partition coefficient (Wildman–Crippen LogP) is 1.02. The van der Waals surface area contributed by atoms with Gasteiger partial charge in [-0.1, -0.05) is 27.7 Å². The number of hydrogen-bond acceptors (Lipinski definition) is 8. The molecular formula is C27H44N4O8. The summed E-state index contributed by atoms with van der Waals surface area (Å²) >= 11 is 0. The molecule has 4 rings (SSSR count). The van der Waals surface area contributed by atoms with E-state index >= 15 is 0 Å². The minimum absolute atomic E-state index is 0.0509. The predicted molar refractivity (Wildman–Crippen MR) is 139 cm³/mol. The van der Waals surface area contributed by atoms with Gasteiger partial charge in [-0.15, -0.1) is 0 Å². The number of carbonyl (C=O) groups excluding carboxylic acids is 4. The topological polar surface area (TPSA) is 149 Å². The van der Waals surface area contributed by atoms with Crippen LogP contribution in [0.2, 0.25) is 0 Å². The molecule has 220 valence electrons. The highest BCUT2D eigenvalue weighted by atomic mass is 16.6. The summed E-state index contributed by atoms with van der Waals surface area (Å²) in [5.41, 5.74) is 0. The Morgan fingerprint density at radius 2 is 0.821 bits per heavy atom. The van der Waals surface area contributed by atoms with Crippen LogP contribution in [0.4, 0.5) is 0 Å². The van der Waals surface area contributed by atoms with Gasteiger partial charge in [0.15, 0.2) is 0 Å². The molecule has 4 aliphatic heterocycles. The lowest BCUT2D eigenvalue weighted by Crippen LogP contribution is -2.52. The van der Waals surface area contributed by atoms with Gasteiger partial charge in [-0.3, -0.25) is 19.2 Å². The summed E-state index contributed by atoms with van der Waals surface area (Å²) in [5, 5.41) is 5.60. The van der Waals surface area contributed by atoms with Crippen molar-refractivity contribution in [1.82, 2.24) is 20.4 Å². The first-order valence-electron chi connectivity index (χ1n) is 14.5. The third kappa shape index (κ3) is 8.86. The van der Waals surface area contributed by atoms with Gasteiger partial charge in [0.2, 0.25) is 23.6 Å². The van der Waals surface area contributed by atoms with E-state index in [1.54, 1.807) is 0 Å². The molecule has 12 heteroatoms. The summed E-state index contributed by atoms with van der Waals surface area (Å²) in [6.07, 6.45) is 3.90. The van der Waals surface area contributed by atoms with Gasteiger partial charge in [0, 0.05) is 0 Å². The molecule has 39 heavy (non-hydrogen) atoms. The van der Waals surface area contributed by atoms with Crippen molar-refractivity contribution in [3.63, 3.8) is 0 Å². The van der Waals surface area contributed by atoms with Gasteiger partial charge < -0.3 is 39.4 Å². The molecule has 0 bridgehead atoms. The van der Waals surface area contributed by atoms with Crippen LogP contribution in [0.15, 0.2) is 0 Å². The summed E-state index contributed by atoms with van der Waals surface area (Å²) in [7, 11) is 0. The number of ether oxygens (including phenoxy) is 4. The molecule has 12 nitrogen and oxygen atoms in total. The molecule has 0 aromatic rings. The van der Waals surface area contributed by atoms with Gasteiger partial charge in [0.05, 0.1) is 94.5 Å². The summed E-state index contributed by atoms with van der Waals surface area (Å²) in [5.74, 6) is -0.913. The molecule has 4 fully saturated rings. The monoisotopic (exact) mass is 552 g/mol. The first-order valence-corrected chi connectivity index (χ1v) is 14.5. The number of epoxide rings is 4. The van der Waals surface area contributed by atoms with Crippen LogP contribution < -0.4 is 10.6 Å². The molecule has 8 unspecified atom stereocenters. The average molecular weight is 553 g/mol. The Morgan fingerprint density at radius 3 is 1.10 bits per heavy atom. The quantitative estimate of drug-likeness (QED) is 0.189. The molecule has 8 atom stereocenters. The van der Waals surface area contributed by atoms with Crippen LogP contribution in [0.1, 0.15) is 79.1 Å². The number of rotatable bonds is 18. The lowest BCUT2D eigenvalue weighted by Gasteiger charge is -2.31. The van der Waals surface area contributed by atoms with E-state index in [9.17, 15) is 19.2 Å². The van der Waals surface area contributed by atoms with Gasteiger partial charge >= 0.3 is 0 Å². The number of carbonyl (C=O) groups is 4. The number of amides is 4. The smallest absolute Gasteiger partial charge is 0.228 e. The van der Waals surface area contributed by atoms with Crippen LogP contribution in [0.5, 0.6) is 0 Å². The lowest BCUT2D eigenvalue weighted by molar-refractivity contribution is -0.141. The van der Waals surface area contributed by atoms with E-state index < -0.39 is 0 Å². The third-order valence-electron chi connectivity index (χ3n) is 7.87. The van der Waals surface area contributed by atoms with E-state index in [0.717, 1.165) is 25.7 Å². The van der Waals surface area contributed by atoms with Gasteiger partial charge in [0.1, 0.15) is 0 Å². The van der Waals surface area contributed by atoms with Crippen LogP contribution in [-0.2, 0) is 38.1 Å². The van der Waals surface area contributed by atoms with E-state index in [1.165, 1.54) is 9.80 Å². The fraction of sp³-hybridized carbons (Fsp3) is 0.852. The number of nitrogens with zero attached hydrogens (tertiary/aromatic N) is 2. The van der Waals surface area contributed by atoms with Crippen molar-refractivity contribution in [1.29, 1.82) is 0 Å². The largest absolute Gasteiger partial charge is 0.369 e. The Labute approximate surface area is 230 Å². The minimum atomic E-state index is -0.235. The highest BCUT2D eigenvalue weighted by molar-refractivity contribution is 5.82. The molecule has 4 amide bonds. The molecule has 0 spiro atoms. The van der Waals surface area contributed by atoms with Crippen LogP contribution in [0.3, 0.4) is 0 Å². The number of nitrogens with one attached hydrogen (secondary N) is 2. The van der Waals surface area contributed by atoms with E-state index in [1.807, 2.05) is 27.7 Å². The molecule has 0 aliphatic carbocycles. The van der Waals surface area contributed by atoms with Crippen LogP contribution in [0, 0.1) is 0 Å². The lowest BCUT2D eigenvalue weighted by atomic mass is 10.2. The summed E-state index contributed by atoms with van der Waals surface area (Å²) < 4.78 is 22.0. The average Bonchev–Trinajstić information content (AvgIpc) is 3.73. The molecular weight excluding hydrogens is 508 g/mol. The van der Waals surface area contributed by atoms with Crippen LogP contribution in [-0.4, -0.2) is 102 Å². The van der Waals surface area contributed by atoms with E-state index in [4.69, 9.17) is 18.9 Å². The molecule has 4 heterocycles. The maximum absolute atomic E-state index is 13.3. The summed E-state index contributed by atoms with van der Waals surface area (Å²) in [6, 6.07) is 0. The highest BCUT2D eigenvalue weighted by Gasteiger charge is 2.42. The zero-order valence-corrected chi connectivity index (χ0v) is 23.6. The molecule has 2 N–H and O–H groups in total. The summed E-state index contributed by atoms with van der Waals surface area (Å²) in [6.45, 7) is 7.80. The Balaban J connectivity index is 1.36. The first kappa shape index (κ1) is 29.7. The van der Waals surface area contributed by atoms with Crippen molar-refractivity contribution in [2.24, 2.45) is 0 Å². The third-order valence-corrected chi connectivity index (χ3v) is 7.87. The van der Waals surface area contributed by atoms with Crippen LogP contribution >= 0.6 is 0 Å². The molecule has 4 aliphatic rings. The fourth-order valence-corrected chi connectivity index (χ4v) is 4.99. The number of hydrogen-bond donors (Lipinski definition) is 2. The maximum Gasteiger partial charge on any atom is 0.228 e. The van der Waals surface area contributed by atoms with Gasteiger partial charge in [-0.05, 0) is 25.7 Å². The molecule has 4 saturated heterocycles. The second-order valence-electron chi connectivity index (χ2n) is 10.8. The standard InChI is InChI=1S/C27H44N4O8/c1-5-16-20(36-16)9-24(32)28-13-30(26(34)11-22-18(7-3)38-22)15-31(27(35)12-23-19(8-4)39-23)14-29-25(33)10-21-17(6-2)37-21/h16-23H,5-15H2,1-4H3,(H,28,32)(H,29,33). The van der Waals surface area contributed by atoms with Crippen molar-refractivity contribution in [3.8, 4) is 0 Å². The van der Waals surface area contributed by atoms with Gasteiger partial charge in [0.25, 0.3) is 0 Å². The second kappa shape index (κ2) is 13.4. The van der Waals surface area contributed by atoms with E-state index in [-0.39, 0.29) is 118 Å². The fourth-order valence-electron chi connectivity index (χ4n) is 4.99. The maximum atomic E-state index is 13.3. The Kier molecular flexibility index (Phi) is 10.2. The molecule has 0 aromatic heterocycles. The summed E-state index contributed by atoms with van der Waals surface area (Å²) in [4.78, 5) is 54.4. The van der Waals surface area contributed by atoms with Crippen molar-refractivity contribution < 1.29 is 38.1 Å². The molecule has 0 aromatic carbocycles. The van der Waals surface area contributed by atoms with E-state index in [0.29, 0.717) is 0 Å². The minimum Gasteiger partial charge on any atom is -0.369 e. The molecule has 0 radical (unpaired) electrons. The first-order chi connectivity index (χ1) is 18.8. The Bertz CT molecular complexity index is 833.